The molecule has 1 atom stereocenters. The monoisotopic (exact) mass is 344 g/mol. The molecule has 0 fully saturated rings. The van der Waals surface area contributed by atoms with E-state index in [0.29, 0.717) is 36.0 Å². The Morgan fingerprint density at radius 3 is 2.40 bits per heavy atom. The summed E-state index contributed by atoms with van der Waals surface area (Å²) in [5, 5.41) is 0. The lowest BCUT2D eigenvalue weighted by Crippen LogP contribution is -2.18. The summed E-state index contributed by atoms with van der Waals surface area (Å²) in [6, 6.07) is 12.5. The maximum atomic E-state index is 11.8. The van der Waals surface area contributed by atoms with Crippen molar-refractivity contribution in [2.75, 3.05) is 20.3 Å². The predicted molar refractivity (Wildman–Crippen MR) is 96.1 cm³/mol. The number of ketones is 1. The number of hydrogen-bond donors (Lipinski definition) is 0. The molecule has 0 aliphatic carbocycles. The van der Waals surface area contributed by atoms with Crippen LogP contribution in [0.15, 0.2) is 42.5 Å². The molecule has 0 N–H and O–H groups in total. The summed E-state index contributed by atoms with van der Waals surface area (Å²) in [7, 11) is 1.62. The highest BCUT2D eigenvalue weighted by atomic mass is 16.5. The van der Waals surface area contributed by atoms with E-state index in [1.54, 1.807) is 31.4 Å². The Morgan fingerprint density at radius 2 is 1.72 bits per heavy atom. The molecule has 1 unspecified atom stereocenters. The van der Waals surface area contributed by atoms with Crippen molar-refractivity contribution >= 4 is 5.78 Å². The van der Waals surface area contributed by atoms with Gasteiger partial charge in [0, 0.05) is 24.8 Å². The summed E-state index contributed by atoms with van der Waals surface area (Å²) >= 11 is 0. The summed E-state index contributed by atoms with van der Waals surface area (Å²) in [6.45, 7) is 6.37. The fourth-order valence-corrected chi connectivity index (χ4v) is 2.33. The van der Waals surface area contributed by atoms with Crippen molar-refractivity contribution in [2.24, 2.45) is 0 Å². The maximum Gasteiger partial charge on any atom is 0.160 e. The summed E-state index contributed by atoms with van der Waals surface area (Å²) < 4.78 is 22.3. The van der Waals surface area contributed by atoms with E-state index < -0.39 is 0 Å². The Morgan fingerprint density at radius 1 is 1.04 bits per heavy atom. The molecule has 0 amide bonds. The van der Waals surface area contributed by atoms with Crippen LogP contribution in [-0.2, 0) is 4.74 Å². The van der Waals surface area contributed by atoms with Crippen molar-refractivity contribution in [3.05, 3.63) is 48.0 Å². The Labute approximate surface area is 148 Å². The second-order valence-electron chi connectivity index (χ2n) is 5.64. The van der Waals surface area contributed by atoms with Gasteiger partial charge in [-0.15, -0.1) is 0 Å². The van der Waals surface area contributed by atoms with E-state index in [0.717, 1.165) is 5.75 Å². The van der Waals surface area contributed by atoms with E-state index in [1.165, 1.54) is 6.92 Å². The SMILES string of the molecule is CCOc1cccc(Oc2cc(OC(C)COC)cc(C(C)=O)c2)c1. The molecule has 0 radical (unpaired) electrons. The molecule has 2 aromatic carbocycles. The summed E-state index contributed by atoms with van der Waals surface area (Å²) in [6.07, 6.45) is -0.138. The minimum Gasteiger partial charge on any atom is -0.494 e. The second-order valence-corrected chi connectivity index (χ2v) is 5.64. The van der Waals surface area contributed by atoms with Crippen molar-refractivity contribution in [3.63, 3.8) is 0 Å². The molecule has 5 heteroatoms. The van der Waals surface area contributed by atoms with Crippen molar-refractivity contribution in [3.8, 4) is 23.0 Å². The molecule has 0 saturated heterocycles. The predicted octanol–water partition coefficient (Wildman–Crippen LogP) is 4.49. The minimum absolute atomic E-state index is 0.0576. The van der Waals surface area contributed by atoms with E-state index in [9.17, 15) is 4.79 Å². The first-order valence-corrected chi connectivity index (χ1v) is 8.24. The van der Waals surface area contributed by atoms with Crippen LogP contribution in [0.5, 0.6) is 23.0 Å². The van der Waals surface area contributed by atoms with Crippen LogP contribution in [-0.4, -0.2) is 32.2 Å². The Bertz CT molecular complexity index is 711. The topological polar surface area (TPSA) is 54.0 Å². The number of methoxy groups -OCH3 is 1. The van der Waals surface area contributed by atoms with E-state index in [1.807, 2.05) is 32.0 Å². The van der Waals surface area contributed by atoms with Crippen molar-refractivity contribution in [1.29, 1.82) is 0 Å². The molecular formula is C20H24O5. The van der Waals surface area contributed by atoms with Crippen LogP contribution in [0.4, 0.5) is 0 Å². The van der Waals surface area contributed by atoms with Crippen LogP contribution in [0, 0.1) is 0 Å². The first-order chi connectivity index (χ1) is 12.0. The number of rotatable bonds is 9. The standard InChI is InChI=1S/C20H24O5/c1-5-23-17-7-6-8-18(11-17)25-20-10-16(15(3)21)9-19(12-20)24-14(2)13-22-4/h6-12,14H,5,13H2,1-4H3. The lowest BCUT2D eigenvalue weighted by molar-refractivity contribution is 0.0915. The smallest absolute Gasteiger partial charge is 0.160 e. The molecule has 2 rings (SSSR count). The first-order valence-electron chi connectivity index (χ1n) is 8.24. The van der Waals surface area contributed by atoms with Gasteiger partial charge in [0.15, 0.2) is 5.78 Å². The lowest BCUT2D eigenvalue weighted by Gasteiger charge is -2.16. The minimum atomic E-state index is -0.138. The maximum absolute atomic E-state index is 11.8. The zero-order valence-corrected chi connectivity index (χ0v) is 15.1. The van der Waals surface area contributed by atoms with E-state index >= 15 is 0 Å². The average Bonchev–Trinajstić information content (AvgIpc) is 2.55. The summed E-state index contributed by atoms with van der Waals surface area (Å²) in [5.74, 6) is 2.39. The van der Waals surface area contributed by atoms with Crippen LogP contribution in [0.3, 0.4) is 0 Å². The summed E-state index contributed by atoms with van der Waals surface area (Å²) in [4.78, 5) is 11.8. The van der Waals surface area contributed by atoms with Gasteiger partial charge in [-0.2, -0.15) is 0 Å². The van der Waals surface area contributed by atoms with Crippen molar-refractivity contribution < 1.29 is 23.7 Å². The molecular weight excluding hydrogens is 320 g/mol. The van der Waals surface area contributed by atoms with Gasteiger partial charge in [-0.05, 0) is 45.0 Å². The lowest BCUT2D eigenvalue weighted by atomic mass is 10.1. The van der Waals surface area contributed by atoms with Crippen molar-refractivity contribution in [2.45, 2.75) is 26.9 Å². The summed E-state index contributed by atoms with van der Waals surface area (Å²) in [5.41, 5.74) is 0.526. The molecule has 25 heavy (non-hydrogen) atoms. The Hall–Kier alpha value is -2.53. The highest BCUT2D eigenvalue weighted by molar-refractivity contribution is 5.94. The Kier molecular flexibility index (Phi) is 6.83. The molecule has 5 nitrogen and oxygen atoms in total. The highest BCUT2D eigenvalue weighted by Gasteiger charge is 2.11. The Balaban J connectivity index is 2.25. The van der Waals surface area contributed by atoms with Gasteiger partial charge >= 0.3 is 0 Å². The number of ether oxygens (including phenoxy) is 4. The van der Waals surface area contributed by atoms with E-state index in [-0.39, 0.29) is 11.9 Å². The largest absolute Gasteiger partial charge is 0.494 e. The van der Waals surface area contributed by atoms with Crippen LogP contribution < -0.4 is 14.2 Å². The fraction of sp³-hybridized carbons (Fsp3) is 0.350. The molecule has 2 aromatic rings. The first kappa shape index (κ1) is 18.8. The number of hydrogen-bond acceptors (Lipinski definition) is 5. The van der Waals surface area contributed by atoms with Crippen LogP contribution >= 0.6 is 0 Å². The van der Waals surface area contributed by atoms with Gasteiger partial charge in [-0.3, -0.25) is 4.79 Å². The van der Waals surface area contributed by atoms with Gasteiger partial charge in [0.2, 0.25) is 0 Å². The van der Waals surface area contributed by atoms with Gasteiger partial charge in [0.05, 0.1) is 13.2 Å². The van der Waals surface area contributed by atoms with Crippen LogP contribution in [0.1, 0.15) is 31.1 Å². The molecule has 0 bridgehead atoms. The second kappa shape index (κ2) is 9.08. The van der Waals surface area contributed by atoms with Crippen molar-refractivity contribution in [1.82, 2.24) is 0 Å². The zero-order chi connectivity index (χ0) is 18.2. The molecule has 134 valence electrons. The molecule has 0 aliphatic heterocycles. The van der Waals surface area contributed by atoms with Gasteiger partial charge in [0.1, 0.15) is 29.1 Å². The molecule has 0 aliphatic rings. The third-order valence-electron chi connectivity index (χ3n) is 3.38. The van der Waals surface area contributed by atoms with Gasteiger partial charge < -0.3 is 18.9 Å². The van der Waals surface area contributed by atoms with E-state index in [4.69, 9.17) is 18.9 Å². The van der Waals surface area contributed by atoms with Gasteiger partial charge in [-0.1, -0.05) is 6.07 Å². The van der Waals surface area contributed by atoms with Crippen LogP contribution in [0.25, 0.3) is 0 Å². The average molecular weight is 344 g/mol. The molecule has 0 saturated carbocycles. The van der Waals surface area contributed by atoms with Gasteiger partial charge in [0.25, 0.3) is 0 Å². The zero-order valence-electron chi connectivity index (χ0n) is 15.1. The third kappa shape index (κ3) is 5.80. The molecule has 0 heterocycles. The highest BCUT2D eigenvalue weighted by Crippen LogP contribution is 2.30. The third-order valence-corrected chi connectivity index (χ3v) is 3.38. The number of carbonyl (C=O) groups excluding carboxylic acids is 1. The van der Waals surface area contributed by atoms with E-state index in [2.05, 4.69) is 0 Å². The van der Waals surface area contributed by atoms with Crippen LogP contribution in [0.2, 0.25) is 0 Å². The fourth-order valence-electron chi connectivity index (χ4n) is 2.33. The van der Waals surface area contributed by atoms with Gasteiger partial charge in [-0.25, -0.2) is 0 Å². The molecule has 0 spiro atoms. The number of benzene rings is 2. The quantitative estimate of drug-likeness (QED) is 0.627. The number of carbonyl (C=O) groups is 1. The number of Topliss-reactive ketones (excluding diaryl/α,β-unsaturated/α-hetero) is 1. The molecule has 0 aromatic heterocycles. The normalized spacial score (nSPS) is 11.7.